The molecule has 1 aliphatic heterocycles. The van der Waals surface area contributed by atoms with Gasteiger partial charge < -0.3 is 30.3 Å². The molecule has 0 aliphatic carbocycles. The Kier molecular flexibility index (Phi) is 11.4. The largest absolute Gasteiger partial charge is 0.450 e. The van der Waals surface area contributed by atoms with Crippen molar-refractivity contribution in [3.63, 3.8) is 0 Å². The second-order valence-electron chi connectivity index (χ2n) is 7.27. The van der Waals surface area contributed by atoms with Crippen molar-refractivity contribution < 1.29 is 19.1 Å². The summed E-state index contributed by atoms with van der Waals surface area (Å²) >= 11 is 0. The van der Waals surface area contributed by atoms with E-state index in [1.54, 1.807) is 18.9 Å². The first-order valence-corrected chi connectivity index (χ1v) is 9.04. The molecule has 158 valence electrons. The number of amides is 2. The van der Waals surface area contributed by atoms with E-state index in [1.807, 2.05) is 20.8 Å². The minimum Gasteiger partial charge on any atom is -0.450 e. The zero-order valence-corrected chi connectivity index (χ0v) is 19.3. The van der Waals surface area contributed by atoms with Crippen LogP contribution in [0.1, 0.15) is 40.5 Å². The zero-order valence-electron chi connectivity index (χ0n) is 17.0. The van der Waals surface area contributed by atoms with Crippen LogP contribution in [0, 0.1) is 0 Å². The topological polar surface area (TPSA) is 109 Å². The maximum absolute atomic E-state index is 11.8. The molecule has 0 saturated carbocycles. The zero-order chi connectivity index (χ0) is 19.7. The minimum atomic E-state index is -0.520. The number of guanidine groups is 1. The fraction of sp³-hybridized carbons (Fsp3) is 0.824. The number of nitrogens with one attached hydrogen (secondary N) is 1. The molecule has 1 fully saturated rings. The minimum absolute atomic E-state index is 0. The predicted octanol–water partition coefficient (Wildman–Crippen LogP) is 2.00. The average Bonchev–Trinajstić information content (AvgIpc) is 2.54. The molecule has 0 unspecified atom stereocenters. The summed E-state index contributed by atoms with van der Waals surface area (Å²) in [6.45, 7) is 9.72. The summed E-state index contributed by atoms with van der Waals surface area (Å²) in [6, 6.07) is 0.174. The third-order valence-electron chi connectivity index (χ3n) is 3.80. The van der Waals surface area contributed by atoms with E-state index in [9.17, 15) is 9.59 Å². The normalized spacial score (nSPS) is 15.6. The van der Waals surface area contributed by atoms with Crippen LogP contribution < -0.4 is 11.1 Å². The Bertz CT molecular complexity index is 502. The molecule has 27 heavy (non-hydrogen) atoms. The maximum atomic E-state index is 11.8. The highest BCUT2D eigenvalue weighted by Gasteiger charge is 2.23. The number of likely N-dealkylation sites (tertiary alicyclic amines) is 1. The summed E-state index contributed by atoms with van der Waals surface area (Å²) in [7, 11) is 1.66. The molecular formula is C17H34IN5O4. The number of piperidine rings is 1. The van der Waals surface area contributed by atoms with Crippen LogP contribution in [0.2, 0.25) is 0 Å². The van der Waals surface area contributed by atoms with Gasteiger partial charge in [-0.3, -0.25) is 4.99 Å². The van der Waals surface area contributed by atoms with Gasteiger partial charge in [-0.25, -0.2) is 9.59 Å². The summed E-state index contributed by atoms with van der Waals surface area (Å²) < 4.78 is 10.3. The van der Waals surface area contributed by atoms with Gasteiger partial charge in [0.05, 0.1) is 13.2 Å². The van der Waals surface area contributed by atoms with E-state index in [2.05, 4.69) is 10.3 Å². The van der Waals surface area contributed by atoms with Crippen LogP contribution >= 0.6 is 24.0 Å². The second-order valence-corrected chi connectivity index (χ2v) is 7.27. The van der Waals surface area contributed by atoms with Crippen molar-refractivity contribution in [1.82, 2.24) is 15.1 Å². The van der Waals surface area contributed by atoms with Crippen molar-refractivity contribution in [3.05, 3.63) is 0 Å². The van der Waals surface area contributed by atoms with Gasteiger partial charge in [0.15, 0.2) is 5.96 Å². The molecular weight excluding hydrogens is 465 g/mol. The van der Waals surface area contributed by atoms with E-state index in [-0.39, 0.29) is 42.2 Å². The highest BCUT2D eigenvalue weighted by molar-refractivity contribution is 14.0. The average molecular weight is 499 g/mol. The lowest BCUT2D eigenvalue weighted by atomic mass is 10.1. The number of nitrogens with two attached hydrogens (primary N) is 1. The summed E-state index contributed by atoms with van der Waals surface area (Å²) in [5, 5.41) is 3.17. The van der Waals surface area contributed by atoms with Crippen molar-refractivity contribution in [2.75, 3.05) is 39.8 Å². The van der Waals surface area contributed by atoms with Crippen LogP contribution in [0.15, 0.2) is 4.99 Å². The molecule has 0 bridgehead atoms. The molecule has 1 heterocycles. The van der Waals surface area contributed by atoms with Crippen molar-refractivity contribution >= 4 is 42.1 Å². The van der Waals surface area contributed by atoms with Crippen LogP contribution in [0.5, 0.6) is 0 Å². The number of likely N-dealkylation sites (N-methyl/N-ethyl adjacent to an activating group) is 1. The monoisotopic (exact) mass is 499 g/mol. The first-order valence-electron chi connectivity index (χ1n) is 9.04. The number of aliphatic imine (C=N–C) groups is 1. The van der Waals surface area contributed by atoms with Crippen molar-refractivity contribution in [2.45, 2.75) is 52.2 Å². The van der Waals surface area contributed by atoms with Crippen molar-refractivity contribution in [3.8, 4) is 0 Å². The molecule has 0 aromatic heterocycles. The van der Waals surface area contributed by atoms with Crippen LogP contribution in [0.25, 0.3) is 0 Å². The van der Waals surface area contributed by atoms with E-state index in [0.29, 0.717) is 38.7 Å². The van der Waals surface area contributed by atoms with Gasteiger partial charge in [0.1, 0.15) is 5.60 Å². The Morgan fingerprint density at radius 1 is 1.30 bits per heavy atom. The third kappa shape index (κ3) is 10.5. The predicted molar refractivity (Wildman–Crippen MR) is 116 cm³/mol. The van der Waals surface area contributed by atoms with Crippen molar-refractivity contribution in [1.29, 1.82) is 0 Å². The Hall–Kier alpha value is -1.46. The number of nitrogens with zero attached hydrogens (tertiary/aromatic N) is 3. The first-order chi connectivity index (χ1) is 12.1. The van der Waals surface area contributed by atoms with Crippen molar-refractivity contribution in [2.24, 2.45) is 10.7 Å². The molecule has 10 heteroatoms. The summed E-state index contributed by atoms with van der Waals surface area (Å²) in [4.78, 5) is 30.9. The van der Waals surface area contributed by atoms with Crippen LogP contribution in [-0.4, -0.2) is 79.4 Å². The van der Waals surface area contributed by atoms with Gasteiger partial charge in [0.2, 0.25) is 0 Å². The van der Waals surface area contributed by atoms with Gasteiger partial charge in [-0.1, -0.05) is 0 Å². The van der Waals surface area contributed by atoms with E-state index in [4.69, 9.17) is 15.2 Å². The highest BCUT2D eigenvalue weighted by atomic mass is 127. The summed E-state index contributed by atoms with van der Waals surface area (Å²) in [6.07, 6.45) is 0.919. The van der Waals surface area contributed by atoms with Gasteiger partial charge in [-0.2, -0.15) is 0 Å². The molecule has 0 radical (unpaired) electrons. The fourth-order valence-corrected chi connectivity index (χ4v) is 2.43. The Labute approximate surface area is 179 Å². The Morgan fingerprint density at radius 2 is 1.89 bits per heavy atom. The van der Waals surface area contributed by atoms with Gasteiger partial charge in [-0.05, 0) is 40.5 Å². The molecule has 1 saturated heterocycles. The molecule has 0 aromatic rings. The number of halogens is 1. The lowest BCUT2D eigenvalue weighted by molar-refractivity contribution is 0.0304. The summed E-state index contributed by atoms with van der Waals surface area (Å²) in [5.41, 5.74) is 5.39. The molecule has 9 nitrogen and oxygen atoms in total. The van der Waals surface area contributed by atoms with Gasteiger partial charge in [0, 0.05) is 32.7 Å². The van der Waals surface area contributed by atoms with Crippen LogP contribution in [0.3, 0.4) is 0 Å². The first kappa shape index (κ1) is 25.5. The van der Waals surface area contributed by atoms with E-state index in [1.165, 1.54) is 4.90 Å². The Morgan fingerprint density at radius 3 is 2.41 bits per heavy atom. The van der Waals surface area contributed by atoms with Crippen LogP contribution in [0.4, 0.5) is 9.59 Å². The molecule has 0 atom stereocenters. The quantitative estimate of drug-likeness (QED) is 0.340. The molecule has 1 rings (SSSR count). The summed E-state index contributed by atoms with van der Waals surface area (Å²) in [5.74, 6) is 0.345. The maximum Gasteiger partial charge on any atom is 0.410 e. The number of rotatable bonds is 5. The van der Waals surface area contributed by atoms with E-state index >= 15 is 0 Å². The number of carbonyl (C=O) groups is 2. The molecule has 1 aliphatic rings. The lowest BCUT2D eigenvalue weighted by Crippen LogP contribution is -2.48. The standard InChI is InChI=1S/C17H33N5O4.HI/c1-6-25-16(24)22-10-7-13(8-11-22)20-14(18)19-9-12-21(5)15(23)26-17(2,3)4;/h13H,6-12H2,1-5H3,(H3,18,19,20);1H. The SMILES string of the molecule is CCOC(=O)N1CCC(NC(N)=NCCN(C)C(=O)OC(C)(C)C)CC1.I. The Balaban J connectivity index is 0.00000676. The van der Waals surface area contributed by atoms with Crippen LogP contribution in [-0.2, 0) is 9.47 Å². The molecule has 2 amide bonds. The van der Waals surface area contributed by atoms with Gasteiger partial charge in [-0.15, -0.1) is 24.0 Å². The highest BCUT2D eigenvalue weighted by Crippen LogP contribution is 2.11. The molecule has 0 aromatic carbocycles. The molecule has 3 N–H and O–H groups in total. The van der Waals surface area contributed by atoms with Gasteiger partial charge in [0.25, 0.3) is 0 Å². The number of hydrogen-bond acceptors (Lipinski definition) is 5. The van der Waals surface area contributed by atoms with E-state index < -0.39 is 5.60 Å². The molecule has 0 spiro atoms. The number of carbonyl (C=O) groups excluding carboxylic acids is 2. The smallest absolute Gasteiger partial charge is 0.410 e. The second kappa shape index (κ2) is 12.1. The number of ether oxygens (including phenoxy) is 2. The third-order valence-corrected chi connectivity index (χ3v) is 3.80. The lowest BCUT2D eigenvalue weighted by Gasteiger charge is -2.31. The fourth-order valence-electron chi connectivity index (χ4n) is 2.43. The van der Waals surface area contributed by atoms with Gasteiger partial charge >= 0.3 is 12.2 Å². The van der Waals surface area contributed by atoms with E-state index in [0.717, 1.165) is 12.8 Å². The number of hydrogen-bond donors (Lipinski definition) is 2.